The van der Waals surface area contributed by atoms with Crippen LogP contribution in [0.15, 0.2) is 133 Å². The molecule has 5 amide bonds. The Labute approximate surface area is 560 Å². The summed E-state index contributed by atoms with van der Waals surface area (Å²) < 4.78 is 115. The molecule has 5 aromatic carbocycles. The average molecular weight is 1350 g/mol. The van der Waals surface area contributed by atoms with Crippen molar-refractivity contribution in [3.63, 3.8) is 0 Å². The fraction of sp³-hybridized carbons (Fsp3) is 0.458. The van der Waals surface area contributed by atoms with Crippen molar-refractivity contribution in [3.8, 4) is 11.1 Å². The number of nitrogens with zero attached hydrogens (tertiary/aromatic N) is 8. The fourth-order valence-electron chi connectivity index (χ4n) is 13.5. The summed E-state index contributed by atoms with van der Waals surface area (Å²) in [5, 5.41) is 14.6. The number of hydrogen-bond donors (Lipinski definition) is 2. The first-order valence-electron chi connectivity index (χ1n) is 33.0. The lowest BCUT2D eigenvalue weighted by Crippen LogP contribution is -2.50. The third kappa shape index (κ3) is 18.2. The van der Waals surface area contributed by atoms with E-state index in [1.165, 1.54) is 29.2 Å². The number of nitrogens with one attached hydrogen (secondary N) is 2. The van der Waals surface area contributed by atoms with Crippen LogP contribution in [-0.4, -0.2) is 188 Å². The number of halogens is 7. The summed E-state index contributed by atoms with van der Waals surface area (Å²) in [5.41, 5.74) is -0.127. The molecular formula is C72H83F7N10O8. The van der Waals surface area contributed by atoms with Gasteiger partial charge in [0.15, 0.2) is 5.69 Å². The number of alkyl halides is 6. The lowest BCUT2D eigenvalue weighted by Gasteiger charge is -2.44. The quantitative estimate of drug-likeness (QED) is 0.0387. The number of ether oxygens (including phenoxy) is 3. The van der Waals surface area contributed by atoms with Gasteiger partial charge in [0.25, 0.3) is 11.8 Å². The van der Waals surface area contributed by atoms with Gasteiger partial charge in [0, 0.05) is 96.5 Å². The Balaban J connectivity index is 0.604. The number of para-hydroxylation sites is 1. The highest BCUT2D eigenvalue weighted by atomic mass is 19.4. The van der Waals surface area contributed by atoms with Crippen LogP contribution in [0.2, 0.25) is 0 Å². The molecule has 3 aliphatic heterocycles. The number of likely N-dealkylation sites (N-methyl/N-ethyl adjacent to an activating group) is 2. The van der Waals surface area contributed by atoms with E-state index in [4.69, 9.17) is 14.2 Å². The van der Waals surface area contributed by atoms with Crippen LogP contribution in [0.4, 0.5) is 47.0 Å². The maximum Gasteiger partial charge on any atom is 0.416 e. The summed E-state index contributed by atoms with van der Waals surface area (Å²) in [4.78, 5) is 77.0. The van der Waals surface area contributed by atoms with Crippen LogP contribution in [0, 0.1) is 5.82 Å². The van der Waals surface area contributed by atoms with Crippen LogP contribution < -0.4 is 10.6 Å². The Morgan fingerprint density at radius 3 is 2.04 bits per heavy atom. The summed E-state index contributed by atoms with van der Waals surface area (Å²) in [6, 6.07) is 35.2. The lowest BCUT2D eigenvalue weighted by atomic mass is 9.72. The predicted molar refractivity (Wildman–Crippen MR) is 351 cm³/mol. The Bertz CT molecular complexity index is 3630. The number of carbonyl (C=O) groups is 5. The molecule has 18 nitrogen and oxygen atoms in total. The van der Waals surface area contributed by atoms with E-state index in [0.29, 0.717) is 107 Å². The monoisotopic (exact) mass is 1350 g/mol. The number of hydrogen-bond acceptors (Lipinski definition) is 13. The minimum Gasteiger partial charge on any atom is -0.446 e. The summed E-state index contributed by atoms with van der Waals surface area (Å²) in [5.74, 6) is -1.53. The van der Waals surface area contributed by atoms with Crippen molar-refractivity contribution in [1.82, 2.24) is 39.6 Å². The zero-order valence-corrected chi connectivity index (χ0v) is 54.8. The molecule has 25 heteroatoms. The van der Waals surface area contributed by atoms with Gasteiger partial charge < -0.3 is 48.9 Å². The van der Waals surface area contributed by atoms with E-state index in [2.05, 4.69) is 42.8 Å². The highest BCUT2D eigenvalue weighted by Gasteiger charge is 2.50. The number of likely N-dealkylation sites (tertiary alicyclic amines) is 2. The van der Waals surface area contributed by atoms with Crippen LogP contribution in [0.1, 0.15) is 113 Å². The molecule has 1 aliphatic carbocycles. The Kier molecular flexibility index (Phi) is 23.3. The number of carbonyl (C=O) groups excluding carboxylic acids is 5. The molecule has 1 unspecified atom stereocenters. The van der Waals surface area contributed by atoms with Crippen LogP contribution in [0.5, 0.6) is 0 Å². The van der Waals surface area contributed by atoms with E-state index in [0.717, 1.165) is 78.9 Å². The number of piperidine rings is 2. The second-order valence-electron chi connectivity index (χ2n) is 25.7. The Morgan fingerprint density at radius 1 is 0.680 bits per heavy atom. The van der Waals surface area contributed by atoms with Crippen LogP contribution in [0.25, 0.3) is 11.1 Å². The van der Waals surface area contributed by atoms with Crippen LogP contribution in [0.3, 0.4) is 0 Å². The van der Waals surface area contributed by atoms with E-state index >= 15 is 0 Å². The van der Waals surface area contributed by atoms with Gasteiger partial charge in [0.1, 0.15) is 36.7 Å². The smallest absolute Gasteiger partial charge is 0.416 e. The topological polar surface area (TPSA) is 182 Å². The van der Waals surface area contributed by atoms with Crippen LogP contribution in [-0.2, 0) is 53.6 Å². The number of amides is 5. The highest BCUT2D eigenvalue weighted by Crippen LogP contribution is 2.48. The van der Waals surface area contributed by atoms with Gasteiger partial charge in [0.05, 0.1) is 29.5 Å². The van der Waals surface area contributed by atoms with Crippen molar-refractivity contribution < 1.29 is 68.9 Å². The van der Waals surface area contributed by atoms with Crippen molar-refractivity contribution in [3.05, 3.63) is 178 Å². The van der Waals surface area contributed by atoms with Gasteiger partial charge >= 0.3 is 18.4 Å². The second-order valence-corrected chi connectivity index (χ2v) is 25.7. The van der Waals surface area contributed by atoms with Crippen molar-refractivity contribution in [2.24, 2.45) is 0 Å². The third-order valence-corrected chi connectivity index (χ3v) is 19.2. The van der Waals surface area contributed by atoms with Crippen molar-refractivity contribution in [1.29, 1.82) is 0 Å². The summed E-state index contributed by atoms with van der Waals surface area (Å²) in [6.45, 7) is 5.02. The summed E-state index contributed by atoms with van der Waals surface area (Å²) in [7, 11) is 5.20. The van der Waals surface area contributed by atoms with Gasteiger partial charge in [-0.05, 0) is 142 Å². The van der Waals surface area contributed by atoms with E-state index < -0.39 is 64.6 Å². The van der Waals surface area contributed by atoms with Gasteiger partial charge in [0.2, 0.25) is 11.8 Å². The molecule has 4 heterocycles. The van der Waals surface area contributed by atoms with Gasteiger partial charge in [-0.25, -0.2) is 9.18 Å². The number of anilines is 2. The molecule has 0 bridgehead atoms. The molecule has 2 atom stereocenters. The SMILES string of the molecule is CN(CCN1CCC(OC(=O)Nc2ccccc2-c2ccccc2)CC1)C(=O)CCCCCNc1ccc(C(=O)N(C)CCCN(C)C(=O)COC2Cc3ccccc3C23CCN(CC[C@@]2(c4ccc(F)cc4)CN(C(=O)c4cc(C(F)(F)F)cc(C(F)(F)F)c4)CO2)CC3)nn1. The standard InChI is InChI=1S/C72H83F7N10O8/c1-84(34-14-35-86(3)67(93)61-26-27-63(83-82-61)80-33-13-5-8-21-64(90)85(2)41-42-87-36-28-57(29-37-87)97-68(94)81-60-20-12-10-18-58(60)50-15-6-4-7-16-50)65(91)47-95-62-45-51-17-9-11-19-59(51)69(62)30-38-88(39-31-69)40-32-70(53-22-24-56(73)25-23-53)48-89(49-96-70)66(92)52-43-54(71(74,75)76)46-55(44-52)72(77,78)79/h4,6-7,9-12,15-20,22-27,43-44,46,57,62H,5,8,13-14,21,28-42,45,47-49H2,1-3H3,(H,80,83)(H,81,94)/t62?,70-/m0/s1. The minimum atomic E-state index is -5.15. The molecule has 4 aliphatic rings. The largest absolute Gasteiger partial charge is 0.446 e. The molecule has 518 valence electrons. The lowest BCUT2D eigenvalue weighted by molar-refractivity contribution is -0.143. The molecule has 0 saturated carbocycles. The second kappa shape index (κ2) is 31.8. The number of unbranched alkanes of at least 4 members (excludes halogenated alkanes) is 2. The Morgan fingerprint density at radius 2 is 1.34 bits per heavy atom. The molecule has 97 heavy (non-hydrogen) atoms. The van der Waals surface area contributed by atoms with Gasteiger partial charge in [-0.1, -0.05) is 91.3 Å². The molecule has 2 N–H and O–H groups in total. The molecule has 1 aromatic heterocycles. The first-order valence-corrected chi connectivity index (χ1v) is 33.0. The third-order valence-electron chi connectivity index (χ3n) is 19.2. The maximum absolute atomic E-state index is 14.2. The molecule has 6 aromatic rings. The number of aromatic nitrogens is 2. The minimum absolute atomic E-state index is 0.0314. The van der Waals surface area contributed by atoms with E-state index in [1.807, 2.05) is 73.8 Å². The Hall–Kier alpha value is -8.52. The molecule has 1 spiro atoms. The van der Waals surface area contributed by atoms with Crippen molar-refractivity contribution in [2.45, 2.75) is 106 Å². The first kappa shape index (κ1) is 71.3. The van der Waals surface area contributed by atoms with Crippen LogP contribution >= 0.6 is 0 Å². The van der Waals surface area contributed by atoms with Crippen molar-refractivity contribution in [2.75, 3.05) is 117 Å². The van der Waals surface area contributed by atoms with Gasteiger partial charge in [-0.15, -0.1) is 10.2 Å². The van der Waals surface area contributed by atoms with E-state index in [1.54, 1.807) is 36.0 Å². The van der Waals surface area contributed by atoms with E-state index in [9.17, 15) is 54.7 Å². The predicted octanol–water partition coefficient (Wildman–Crippen LogP) is 11.8. The van der Waals surface area contributed by atoms with Gasteiger partial charge in [-0.2, -0.15) is 26.3 Å². The molecule has 3 fully saturated rings. The van der Waals surface area contributed by atoms with E-state index in [-0.39, 0.29) is 61.3 Å². The summed E-state index contributed by atoms with van der Waals surface area (Å²) >= 11 is 0. The molecular weight excluding hydrogens is 1270 g/mol. The normalized spacial score (nSPS) is 18.2. The molecule has 3 saturated heterocycles. The van der Waals surface area contributed by atoms with Crippen molar-refractivity contribution >= 4 is 41.2 Å². The highest BCUT2D eigenvalue weighted by molar-refractivity contribution is 5.95. The maximum atomic E-state index is 14.2. The van der Waals surface area contributed by atoms with Gasteiger partial charge in [-0.3, -0.25) is 24.5 Å². The molecule has 10 rings (SSSR count). The zero-order chi connectivity index (χ0) is 68.9. The molecule has 0 radical (unpaired) electrons. The average Bonchev–Trinajstić information content (AvgIpc) is 1.61. The summed E-state index contributed by atoms with van der Waals surface area (Å²) in [6.07, 6.45) is -4.34. The number of fused-ring (bicyclic) bond motifs is 2. The zero-order valence-electron chi connectivity index (χ0n) is 54.8. The number of rotatable bonds is 26. The number of benzene rings is 5. The first-order chi connectivity index (χ1) is 46.5. The fourth-order valence-corrected chi connectivity index (χ4v) is 13.5.